The van der Waals surface area contributed by atoms with Gasteiger partial charge in [-0.05, 0) is 37.8 Å². The fourth-order valence-corrected chi connectivity index (χ4v) is 2.78. The lowest BCUT2D eigenvalue weighted by atomic mass is 9.88. The second-order valence-electron chi connectivity index (χ2n) is 5.37. The summed E-state index contributed by atoms with van der Waals surface area (Å²) in [5.74, 6) is 0. The first kappa shape index (κ1) is 10.4. The number of nitrogens with one attached hydrogen (secondary N) is 1. The highest BCUT2D eigenvalue weighted by atomic mass is 15.2. The molecule has 3 N–H and O–H groups in total. The minimum atomic E-state index is 0.418. The van der Waals surface area contributed by atoms with Gasteiger partial charge in [0.15, 0.2) is 0 Å². The quantitative estimate of drug-likeness (QED) is 0.674. The van der Waals surface area contributed by atoms with E-state index < -0.39 is 0 Å². The van der Waals surface area contributed by atoms with E-state index in [1.807, 2.05) is 0 Å². The summed E-state index contributed by atoms with van der Waals surface area (Å²) in [4.78, 5) is 2.56. The van der Waals surface area contributed by atoms with E-state index in [-0.39, 0.29) is 0 Å². The first-order chi connectivity index (χ1) is 6.68. The van der Waals surface area contributed by atoms with E-state index >= 15 is 0 Å². The van der Waals surface area contributed by atoms with Crippen LogP contribution in [-0.4, -0.2) is 43.7 Å². The Labute approximate surface area is 87.0 Å². The van der Waals surface area contributed by atoms with Crippen molar-refractivity contribution in [3.63, 3.8) is 0 Å². The van der Waals surface area contributed by atoms with Crippen molar-refractivity contribution in [3.05, 3.63) is 0 Å². The molecule has 0 aliphatic carbocycles. The van der Waals surface area contributed by atoms with Crippen LogP contribution < -0.4 is 11.1 Å². The molecule has 0 aromatic rings. The monoisotopic (exact) mass is 197 g/mol. The van der Waals surface area contributed by atoms with E-state index in [4.69, 9.17) is 5.73 Å². The van der Waals surface area contributed by atoms with E-state index in [2.05, 4.69) is 17.1 Å². The van der Waals surface area contributed by atoms with Crippen LogP contribution in [0.3, 0.4) is 0 Å². The molecule has 3 nitrogen and oxygen atoms in total. The molecule has 2 aliphatic heterocycles. The molecule has 0 aromatic heterocycles. The van der Waals surface area contributed by atoms with E-state index in [0.717, 1.165) is 6.54 Å². The van der Waals surface area contributed by atoms with Crippen LogP contribution in [0.15, 0.2) is 0 Å². The average molecular weight is 197 g/mol. The summed E-state index contributed by atoms with van der Waals surface area (Å²) in [5.41, 5.74) is 6.48. The van der Waals surface area contributed by atoms with Gasteiger partial charge in [-0.3, -0.25) is 0 Å². The zero-order chi connectivity index (χ0) is 10.0. The van der Waals surface area contributed by atoms with Gasteiger partial charge in [-0.25, -0.2) is 0 Å². The van der Waals surface area contributed by atoms with Gasteiger partial charge in [-0.2, -0.15) is 0 Å². The van der Waals surface area contributed by atoms with Crippen LogP contribution in [0.5, 0.6) is 0 Å². The van der Waals surface area contributed by atoms with Crippen molar-refractivity contribution in [3.8, 4) is 0 Å². The van der Waals surface area contributed by atoms with Crippen molar-refractivity contribution < 1.29 is 0 Å². The van der Waals surface area contributed by atoms with Gasteiger partial charge in [0.05, 0.1) is 0 Å². The number of rotatable bonds is 2. The van der Waals surface area contributed by atoms with Crippen LogP contribution in [0.25, 0.3) is 0 Å². The molecule has 3 heteroatoms. The van der Waals surface area contributed by atoms with E-state index in [1.165, 1.54) is 45.4 Å². The lowest BCUT2D eigenvalue weighted by Crippen LogP contribution is -2.47. The van der Waals surface area contributed by atoms with Gasteiger partial charge in [0.25, 0.3) is 0 Å². The van der Waals surface area contributed by atoms with Crippen LogP contribution in [0.2, 0.25) is 0 Å². The third kappa shape index (κ3) is 2.47. The highest BCUT2D eigenvalue weighted by Gasteiger charge is 2.31. The van der Waals surface area contributed by atoms with Gasteiger partial charge in [0.2, 0.25) is 0 Å². The molecule has 2 rings (SSSR count). The van der Waals surface area contributed by atoms with Crippen LogP contribution in [0.4, 0.5) is 0 Å². The lowest BCUT2D eigenvalue weighted by Gasteiger charge is -2.36. The second kappa shape index (κ2) is 4.17. The fraction of sp³-hybridized carbons (Fsp3) is 1.00. The molecule has 2 heterocycles. The van der Waals surface area contributed by atoms with Crippen molar-refractivity contribution in [1.29, 1.82) is 0 Å². The summed E-state index contributed by atoms with van der Waals surface area (Å²) in [6.45, 7) is 8.36. The molecule has 0 spiro atoms. The van der Waals surface area contributed by atoms with Crippen molar-refractivity contribution in [1.82, 2.24) is 10.2 Å². The molecule has 2 aliphatic rings. The number of hydrogen-bond donors (Lipinski definition) is 2. The van der Waals surface area contributed by atoms with E-state index in [9.17, 15) is 0 Å². The summed E-state index contributed by atoms with van der Waals surface area (Å²) in [5, 5.41) is 3.46. The number of likely N-dealkylation sites (tertiary alicyclic amines) is 1. The Morgan fingerprint density at radius 2 is 2.43 bits per heavy atom. The largest absolute Gasteiger partial charge is 0.327 e. The summed E-state index contributed by atoms with van der Waals surface area (Å²) < 4.78 is 0. The Morgan fingerprint density at radius 3 is 3.07 bits per heavy atom. The molecule has 2 saturated heterocycles. The molecular weight excluding hydrogens is 174 g/mol. The normalized spacial score (nSPS) is 40.3. The standard InChI is InChI=1S/C11H23N3/c1-11(4-5-13-8-11)9-14-6-2-3-10(12)7-14/h10,13H,2-9,12H2,1H3/t10-,11?/m1/s1. The Bertz CT molecular complexity index is 187. The first-order valence-electron chi connectivity index (χ1n) is 5.87. The molecule has 0 amide bonds. The molecule has 2 fully saturated rings. The smallest absolute Gasteiger partial charge is 0.0168 e. The minimum Gasteiger partial charge on any atom is -0.327 e. The van der Waals surface area contributed by atoms with E-state index in [0.29, 0.717) is 11.5 Å². The van der Waals surface area contributed by atoms with E-state index in [1.54, 1.807) is 0 Å². The van der Waals surface area contributed by atoms with Crippen LogP contribution in [0, 0.1) is 5.41 Å². The van der Waals surface area contributed by atoms with Gasteiger partial charge >= 0.3 is 0 Å². The Hall–Kier alpha value is -0.120. The first-order valence-corrected chi connectivity index (χ1v) is 5.87. The topological polar surface area (TPSA) is 41.3 Å². The highest BCUT2D eigenvalue weighted by Crippen LogP contribution is 2.26. The second-order valence-corrected chi connectivity index (χ2v) is 5.37. The molecule has 0 saturated carbocycles. The third-order valence-electron chi connectivity index (χ3n) is 3.60. The average Bonchev–Trinajstić information content (AvgIpc) is 2.51. The molecule has 82 valence electrons. The van der Waals surface area contributed by atoms with Gasteiger partial charge in [0.1, 0.15) is 0 Å². The van der Waals surface area contributed by atoms with Crippen LogP contribution >= 0.6 is 0 Å². The van der Waals surface area contributed by atoms with Gasteiger partial charge in [-0.1, -0.05) is 6.92 Å². The Morgan fingerprint density at radius 1 is 1.57 bits per heavy atom. The number of piperidine rings is 1. The van der Waals surface area contributed by atoms with Gasteiger partial charge in [-0.15, -0.1) is 0 Å². The predicted molar refractivity (Wildman–Crippen MR) is 59.2 cm³/mol. The zero-order valence-corrected chi connectivity index (χ0v) is 9.26. The Balaban J connectivity index is 1.83. The van der Waals surface area contributed by atoms with Crippen LogP contribution in [-0.2, 0) is 0 Å². The molecule has 14 heavy (non-hydrogen) atoms. The molecule has 0 radical (unpaired) electrons. The number of nitrogens with two attached hydrogens (primary N) is 1. The Kier molecular flexibility index (Phi) is 3.10. The van der Waals surface area contributed by atoms with Crippen molar-refractivity contribution in [2.24, 2.45) is 11.1 Å². The predicted octanol–water partition coefficient (Wildman–Crippen LogP) is 0.409. The molecule has 0 aromatic carbocycles. The van der Waals surface area contributed by atoms with Gasteiger partial charge in [0, 0.05) is 25.7 Å². The summed E-state index contributed by atoms with van der Waals surface area (Å²) in [6.07, 6.45) is 3.81. The van der Waals surface area contributed by atoms with Crippen molar-refractivity contribution in [2.75, 3.05) is 32.7 Å². The van der Waals surface area contributed by atoms with Crippen molar-refractivity contribution >= 4 is 0 Å². The maximum absolute atomic E-state index is 5.99. The minimum absolute atomic E-state index is 0.418. The molecule has 0 bridgehead atoms. The maximum atomic E-state index is 5.99. The summed E-state index contributed by atoms with van der Waals surface area (Å²) in [6, 6.07) is 0.418. The number of hydrogen-bond acceptors (Lipinski definition) is 3. The zero-order valence-electron chi connectivity index (χ0n) is 9.26. The highest BCUT2D eigenvalue weighted by molar-refractivity contribution is 4.88. The SMILES string of the molecule is CC1(CN2CCC[C@@H](N)C2)CCNC1. The summed E-state index contributed by atoms with van der Waals surface area (Å²) in [7, 11) is 0. The maximum Gasteiger partial charge on any atom is 0.0168 e. The fourth-order valence-electron chi connectivity index (χ4n) is 2.78. The molecule has 2 atom stereocenters. The summed E-state index contributed by atoms with van der Waals surface area (Å²) >= 11 is 0. The third-order valence-corrected chi connectivity index (χ3v) is 3.60. The van der Waals surface area contributed by atoms with Gasteiger partial charge < -0.3 is 16.0 Å². The number of nitrogens with zero attached hydrogens (tertiary/aromatic N) is 1. The molecule has 1 unspecified atom stereocenters. The lowest BCUT2D eigenvalue weighted by molar-refractivity contribution is 0.142. The van der Waals surface area contributed by atoms with Crippen LogP contribution in [0.1, 0.15) is 26.2 Å². The molecular formula is C11H23N3. The van der Waals surface area contributed by atoms with Crippen molar-refractivity contribution in [2.45, 2.75) is 32.2 Å².